The Morgan fingerprint density at radius 1 is 1.31 bits per heavy atom. The number of ether oxygens (including phenoxy) is 1. The highest BCUT2D eigenvalue weighted by atomic mass is 32.2. The normalized spacial score (nSPS) is 16.9. The number of rotatable bonds is 5. The van der Waals surface area contributed by atoms with Gasteiger partial charge in [0, 0.05) is 17.5 Å². The molecule has 164 valence electrons. The van der Waals surface area contributed by atoms with Gasteiger partial charge in [-0.05, 0) is 55.8 Å². The Hall–Kier alpha value is -3.73. The van der Waals surface area contributed by atoms with Crippen LogP contribution in [0.15, 0.2) is 39.9 Å². The van der Waals surface area contributed by atoms with E-state index in [-0.39, 0.29) is 17.1 Å². The first-order chi connectivity index (χ1) is 15.2. The summed E-state index contributed by atoms with van der Waals surface area (Å²) in [5, 5.41) is 26.5. The van der Waals surface area contributed by atoms with E-state index in [4.69, 9.17) is 10.1 Å². The molecule has 0 radical (unpaired) electrons. The van der Waals surface area contributed by atoms with Crippen molar-refractivity contribution in [2.45, 2.75) is 27.2 Å². The van der Waals surface area contributed by atoms with Crippen LogP contribution in [0, 0.1) is 29.4 Å². The second kappa shape index (κ2) is 8.08. The Morgan fingerprint density at radius 3 is 2.72 bits per heavy atom. The lowest BCUT2D eigenvalue weighted by atomic mass is 10.1. The zero-order valence-electron chi connectivity index (χ0n) is 17.9. The van der Waals surface area contributed by atoms with Crippen LogP contribution in [0.3, 0.4) is 0 Å². The Morgan fingerprint density at radius 2 is 2.06 bits per heavy atom. The largest absolute Gasteiger partial charge is 0.494 e. The predicted molar refractivity (Wildman–Crippen MR) is 124 cm³/mol. The van der Waals surface area contributed by atoms with Gasteiger partial charge in [0.1, 0.15) is 10.8 Å². The predicted octanol–water partition coefficient (Wildman–Crippen LogP) is 4.04. The number of amidine groups is 2. The number of nitro groups is 1. The van der Waals surface area contributed by atoms with Crippen LogP contribution in [0.1, 0.15) is 30.3 Å². The second-order valence-corrected chi connectivity index (χ2v) is 8.18. The minimum Gasteiger partial charge on any atom is -0.494 e. The van der Waals surface area contributed by atoms with Crippen LogP contribution in [0.2, 0.25) is 0 Å². The molecular weight excluding hydrogens is 432 g/mol. The average molecular weight is 452 g/mol. The first-order valence-electron chi connectivity index (χ1n) is 9.76. The molecule has 2 aliphatic heterocycles. The van der Waals surface area contributed by atoms with Gasteiger partial charge in [0.15, 0.2) is 5.84 Å². The van der Waals surface area contributed by atoms with Crippen LogP contribution in [0.25, 0.3) is 11.8 Å². The van der Waals surface area contributed by atoms with Crippen molar-refractivity contribution in [3.63, 3.8) is 0 Å². The summed E-state index contributed by atoms with van der Waals surface area (Å²) >= 11 is 1.30. The van der Waals surface area contributed by atoms with E-state index < -0.39 is 10.8 Å². The van der Waals surface area contributed by atoms with Gasteiger partial charge in [-0.15, -0.1) is 0 Å². The highest BCUT2D eigenvalue weighted by Crippen LogP contribution is 2.33. The van der Waals surface area contributed by atoms with Gasteiger partial charge in [-0.25, -0.2) is 0 Å². The van der Waals surface area contributed by atoms with Crippen LogP contribution < -0.4 is 4.74 Å². The Bertz CT molecular complexity index is 1270. The SMILES string of the molecule is CCC1=NN2C(=N)/C(=C/c3cc(C)n(-c4ccc([N+](=O)[O-])cc4OC)c3C)C(=O)N=C2S1. The minimum absolute atomic E-state index is 0.0198. The maximum Gasteiger partial charge on any atom is 0.283 e. The van der Waals surface area contributed by atoms with Crippen molar-refractivity contribution in [3.8, 4) is 11.4 Å². The van der Waals surface area contributed by atoms with Crippen LogP contribution in [0.5, 0.6) is 5.75 Å². The molecule has 1 amide bonds. The number of hydrogen-bond donors (Lipinski definition) is 1. The number of nitrogens with zero attached hydrogens (tertiary/aromatic N) is 5. The van der Waals surface area contributed by atoms with E-state index in [0.717, 1.165) is 22.0 Å². The van der Waals surface area contributed by atoms with E-state index in [1.165, 1.54) is 36.0 Å². The lowest BCUT2D eigenvalue weighted by Crippen LogP contribution is -2.35. The molecule has 0 fully saturated rings. The fraction of sp³-hybridized carbons (Fsp3) is 0.238. The van der Waals surface area contributed by atoms with Crippen molar-refractivity contribution in [3.05, 3.63) is 56.9 Å². The molecule has 0 saturated carbocycles. The Kier molecular flexibility index (Phi) is 5.43. The van der Waals surface area contributed by atoms with E-state index in [9.17, 15) is 14.9 Å². The molecule has 0 aliphatic carbocycles. The molecule has 1 aromatic heterocycles. The standard InChI is InChI=1S/C21H20N6O4S/c1-5-18-24-26-19(22)15(20(28)23-21(26)32-18)9-13-8-11(2)25(12(13)3)16-7-6-14(27(29)30)10-17(16)31-4/h6-10,22H,5H2,1-4H3/b15-9-,22-19?. The number of nitrogens with one attached hydrogen (secondary N) is 1. The molecule has 1 aromatic carbocycles. The first-order valence-corrected chi connectivity index (χ1v) is 10.6. The number of fused-ring (bicyclic) bond motifs is 1. The number of thioether (sulfide) groups is 1. The monoisotopic (exact) mass is 452 g/mol. The Labute approximate surface area is 187 Å². The number of aliphatic imine (C=N–C) groups is 1. The molecule has 0 atom stereocenters. The third-order valence-corrected chi connectivity index (χ3v) is 6.24. The number of aromatic nitrogens is 1. The number of aryl methyl sites for hydroxylation is 1. The van der Waals surface area contributed by atoms with Crippen molar-refractivity contribution >= 4 is 45.5 Å². The molecule has 32 heavy (non-hydrogen) atoms. The quantitative estimate of drug-likeness (QED) is 0.414. The van der Waals surface area contributed by atoms with Crippen LogP contribution in [-0.4, -0.2) is 43.6 Å². The molecule has 2 aliphatic rings. The summed E-state index contributed by atoms with van der Waals surface area (Å²) in [5.41, 5.74) is 3.05. The van der Waals surface area contributed by atoms with Crippen molar-refractivity contribution in [1.82, 2.24) is 9.58 Å². The summed E-state index contributed by atoms with van der Waals surface area (Å²) < 4.78 is 7.28. The number of hydrazone groups is 1. The van der Waals surface area contributed by atoms with Crippen molar-refractivity contribution in [2.24, 2.45) is 10.1 Å². The van der Waals surface area contributed by atoms with Gasteiger partial charge in [0.25, 0.3) is 11.6 Å². The third-order valence-electron chi connectivity index (χ3n) is 5.18. The van der Waals surface area contributed by atoms with E-state index in [1.54, 1.807) is 12.1 Å². The zero-order valence-corrected chi connectivity index (χ0v) is 18.7. The number of carbonyl (C=O) groups is 1. The molecular formula is C21H20N6O4S. The van der Waals surface area contributed by atoms with Gasteiger partial charge in [-0.3, -0.25) is 20.3 Å². The Balaban J connectivity index is 1.77. The number of carbonyl (C=O) groups excluding carboxylic acids is 1. The van der Waals surface area contributed by atoms with Crippen molar-refractivity contribution in [2.75, 3.05) is 7.11 Å². The van der Waals surface area contributed by atoms with E-state index >= 15 is 0 Å². The minimum atomic E-state index is -0.487. The number of hydrogen-bond acceptors (Lipinski definition) is 7. The molecule has 10 nitrogen and oxygen atoms in total. The fourth-order valence-electron chi connectivity index (χ4n) is 3.60. The maximum atomic E-state index is 12.6. The van der Waals surface area contributed by atoms with Crippen molar-refractivity contribution < 1.29 is 14.5 Å². The lowest BCUT2D eigenvalue weighted by Gasteiger charge is -2.20. The maximum absolute atomic E-state index is 12.6. The van der Waals surface area contributed by atoms with Gasteiger partial charge in [0.2, 0.25) is 5.17 Å². The van der Waals surface area contributed by atoms with Gasteiger partial charge in [-0.1, -0.05) is 6.92 Å². The van der Waals surface area contributed by atoms with Gasteiger partial charge < -0.3 is 9.30 Å². The van der Waals surface area contributed by atoms with E-state index in [0.29, 0.717) is 23.0 Å². The van der Waals surface area contributed by atoms with Gasteiger partial charge in [-0.2, -0.15) is 15.1 Å². The van der Waals surface area contributed by atoms with E-state index in [2.05, 4.69) is 10.1 Å². The first kappa shape index (κ1) is 21.5. The van der Waals surface area contributed by atoms with E-state index in [1.807, 2.05) is 31.4 Å². The number of methoxy groups -OCH3 is 1. The molecule has 11 heteroatoms. The molecule has 2 aromatic rings. The average Bonchev–Trinajstić information content (AvgIpc) is 3.30. The highest BCUT2D eigenvalue weighted by Gasteiger charge is 2.35. The van der Waals surface area contributed by atoms with Gasteiger partial charge >= 0.3 is 0 Å². The second-order valence-electron chi connectivity index (χ2n) is 7.14. The molecule has 0 saturated heterocycles. The van der Waals surface area contributed by atoms with Crippen molar-refractivity contribution in [1.29, 1.82) is 5.41 Å². The molecule has 0 spiro atoms. The molecule has 4 rings (SSSR count). The summed E-state index contributed by atoms with van der Waals surface area (Å²) in [6.45, 7) is 5.70. The highest BCUT2D eigenvalue weighted by molar-refractivity contribution is 8.26. The summed E-state index contributed by atoms with van der Waals surface area (Å²) in [7, 11) is 1.45. The fourth-order valence-corrected chi connectivity index (χ4v) is 4.42. The summed E-state index contributed by atoms with van der Waals surface area (Å²) in [5.74, 6) is -0.154. The number of benzene rings is 1. The molecule has 1 N–H and O–H groups in total. The number of non-ortho nitro benzene ring substituents is 1. The summed E-state index contributed by atoms with van der Waals surface area (Å²) in [4.78, 5) is 27.4. The molecule has 0 bridgehead atoms. The topological polar surface area (TPSA) is 126 Å². The van der Waals surface area contributed by atoms with Crippen LogP contribution in [0.4, 0.5) is 5.69 Å². The summed E-state index contributed by atoms with van der Waals surface area (Å²) in [6, 6.07) is 6.29. The number of amides is 1. The lowest BCUT2D eigenvalue weighted by molar-refractivity contribution is -0.384. The van der Waals surface area contributed by atoms with Crippen LogP contribution >= 0.6 is 11.8 Å². The van der Waals surface area contributed by atoms with Crippen LogP contribution in [-0.2, 0) is 4.79 Å². The smallest absolute Gasteiger partial charge is 0.283 e. The van der Waals surface area contributed by atoms with Gasteiger partial charge in [0.05, 0.1) is 29.4 Å². The third kappa shape index (κ3) is 3.50. The zero-order chi connectivity index (χ0) is 23.2. The number of nitro benzene ring substituents is 1. The molecule has 3 heterocycles. The molecule has 0 unspecified atom stereocenters. The summed E-state index contributed by atoms with van der Waals surface area (Å²) in [6.07, 6.45) is 2.32.